The van der Waals surface area contributed by atoms with Gasteiger partial charge in [0.2, 0.25) is 0 Å². The number of methoxy groups -OCH3 is 1. The van der Waals surface area contributed by atoms with Crippen LogP contribution in [0.25, 0.3) is 0 Å². The molecule has 104 valence electrons. The van der Waals surface area contributed by atoms with Crippen LogP contribution in [0.1, 0.15) is 15.9 Å². The summed E-state index contributed by atoms with van der Waals surface area (Å²) in [5, 5.41) is 8.79. The van der Waals surface area contributed by atoms with Gasteiger partial charge in [-0.05, 0) is 29.8 Å². The summed E-state index contributed by atoms with van der Waals surface area (Å²) in [6.07, 6.45) is 0. The van der Waals surface area contributed by atoms with E-state index in [4.69, 9.17) is 9.84 Å². The van der Waals surface area contributed by atoms with E-state index in [2.05, 4.69) is 0 Å². The molecule has 0 saturated carbocycles. The molecule has 0 aliphatic rings. The Morgan fingerprint density at radius 2 is 2.05 bits per heavy atom. The van der Waals surface area contributed by atoms with E-state index in [1.54, 1.807) is 7.11 Å². The van der Waals surface area contributed by atoms with E-state index in [9.17, 15) is 9.18 Å². The molecule has 1 N–H and O–H groups in total. The summed E-state index contributed by atoms with van der Waals surface area (Å²) in [4.78, 5) is 11.7. The molecule has 5 heteroatoms. The summed E-state index contributed by atoms with van der Waals surface area (Å²) in [7, 11) is 1.58. The highest BCUT2D eigenvalue weighted by Crippen LogP contribution is 2.31. The van der Waals surface area contributed by atoms with Crippen LogP contribution >= 0.6 is 11.8 Å². The number of benzene rings is 2. The van der Waals surface area contributed by atoms with Crippen LogP contribution in [0, 0.1) is 5.82 Å². The monoisotopic (exact) mass is 292 g/mol. The van der Waals surface area contributed by atoms with Crippen LogP contribution in [0.15, 0.2) is 47.4 Å². The van der Waals surface area contributed by atoms with Gasteiger partial charge < -0.3 is 9.84 Å². The molecule has 0 fully saturated rings. The minimum atomic E-state index is -1.13. The van der Waals surface area contributed by atoms with E-state index in [1.807, 2.05) is 24.3 Å². The number of carbonyl (C=O) groups is 1. The Bertz CT molecular complexity index is 628. The first-order valence-corrected chi connectivity index (χ1v) is 6.88. The van der Waals surface area contributed by atoms with Gasteiger partial charge in [0, 0.05) is 10.6 Å². The maximum absolute atomic E-state index is 13.8. The quantitative estimate of drug-likeness (QED) is 0.851. The number of aromatic carboxylic acids is 1. The van der Waals surface area contributed by atoms with E-state index in [0.29, 0.717) is 11.3 Å². The molecule has 2 rings (SSSR count). The fraction of sp³-hybridized carbons (Fsp3) is 0.133. The number of carboxylic acids is 1. The van der Waals surface area contributed by atoms with Crippen molar-refractivity contribution in [1.82, 2.24) is 0 Å². The van der Waals surface area contributed by atoms with Crippen molar-refractivity contribution in [2.24, 2.45) is 0 Å². The van der Waals surface area contributed by atoms with Gasteiger partial charge in [-0.25, -0.2) is 9.18 Å². The molecule has 0 aliphatic heterocycles. The lowest BCUT2D eigenvalue weighted by atomic mass is 10.1. The number of ether oxygens (including phenoxy) is 1. The summed E-state index contributed by atoms with van der Waals surface area (Å²) >= 11 is 1.44. The number of hydrogen-bond acceptors (Lipinski definition) is 3. The first-order chi connectivity index (χ1) is 9.61. The lowest BCUT2D eigenvalue weighted by Gasteiger charge is -2.08. The molecular weight excluding hydrogens is 279 g/mol. The van der Waals surface area contributed by atoms with Crippen LogP contribution in [0.3, 0.4) is 0 Å². The zero-order valence-corrected chi connectivity index (χ0v) is 11.6. The van der Waals surface area contributed by atoms with E-state index in [1.165, 1.54) is 23.9 Å². The summed E-state index contributed by atoms with van der Waals surface area (Å²) in [5.74, 6) is -0.494. The third-order valence-corrected chi connectivity index (χ3v) is 3.86. The van der Waals surface area contributed by atoms with E-state index < -0.39 is 11.8 Å². The van der Waals surface area contributed by atoms with Crippen LogP contribution in [0.2, 0.25) is 0 Å². The van der Waals surface area contributed by atoms with Gasteiger partial charge in [0.1, 0.15) is 11.6 Å². The third-order valence-electron chi connectivity index (χ3n) is 2.75. The van der Waals surface area contributed by atoms with Gasteiger partial charge >= 0.3 is 5.97 Å². The smallest absolute Gasteiger partial charge is 0.335 e. The van der Waals surface area contributed by atoms with Gasteiger partial charge in [0.25, 0.3) is 0 Å². The average molecular weight is 292 g/mol. The van der Waals surface area contributed by atoms with Crippen LogP contribution in [0.5, 0.6) is 5.75 Å². The minimum Gasteiger partial charge on any atom is -0.496 e. The Morgan fingerprint density at radius 3 is 2.70 bits per heavy atom. The minimum absolute atomic E-state index is 0.0476. The predicted molar refractivity (Wildman–Crippen MR) is 75.9 cm³/mol. The first-order valence-electron chi connectivity index (χ1n) is 5.89. The lowest BCUT2D eigenvalue weighted by molar-refractivity contribution is 0.0696. The zero-order valence-electron chi connectivity index (χ0n) is 10.8. The summed E-state index contributed by atoms with van der Waals surface area (Å²) < 4.78 is 19.0. The first kappa shape index (κ1) is 14.4. The topological polar surface area (TPSA) is 46.5 Å². The Labute approximate surface area is 120 Å². The molecule has 0 atom stereocenters. The van der Waals surface area contributed by atoms with Crippen molar-refractivity contribution in [3.8, 4) is 5.75 Å². The summed E-state index contributed by atoms with van der Waals surface area (Å²) in [6, 6.07) is 11.4. The molecule has 2 aromatic carbocycles. The second kappa shape index (κ2) is 6.43. The molecule has 0 bridgehead atoms. The van der Waals surface area contributed by atoms with Crippen molar-refractivity contribution in [2.75, 3.05) is 7.11 Å². The van der Waals surface area contributed by atoms with E-state index in [-0.39, 0.29) is 5.56 Å². The highest BCUT2D eigenvalue weighted by atomic mass is 32.2. The number of rotatable bonds is 5. The Kier molecular flexibility index (Phi) is 4.63. The number of para-hydroxylation sites is 1. The van der Waals surface area contributed by atoms with Gasteiger partial charge in [-0.3, -0.25) is 0 Å². The highest BCUT2D eigenvalue weighted by molar-refractivity contribution is 7.98. The zero-order chi connectivity index (χ0) is 14.5. The van der Waals surface area contributed by atoms with Gasteiger partial charge in [-0.2, -0.15) is 0 Å². The average Bonchev–Trinajstić information content (AvgIpc) is 2.46. The molecular formula is C15H13FO3S. The van der Waals surface area contributed by atoms with Crippen molar-refractivity contribution < 1.29 is 19.0 Å². The standard InChI is InChI=1S/C15H13FO3S/c1-19-13-4-2-3-5-14(13)20-9-11-7-6-10(15(17)18)8-12(11)16/h2-8H,9H2,1H3,(H,17,18). The fourth-order valence-corrected chi connectivity index (χ4v) is 2.70. The van der Waals surface area contributed by atoms with Crippen molar-refractivity contribution >= 4 is 17.7 Å². The van der Waals surface area contributed by atoms with E-state index in [0.717, 1.165) is 16.7 Å². The van der Waals surface area contributed by atoms with Gasteiger partial charge in [-0.15, -0.1) is 11.8 Å². The molecule has 0 heterocycles. The molecule has 3 nitrogen and oxygen atoms in total. The van der Waals surface area contributed by atoms with Gasteiger partial charge in [-0.1, -0.05) is 18.2 Å². The molecule has 0 aliphatic carbocycles. The maximum Gasteiger partial charge on any atom is 0.335 e. The van der Waals surface area contributed by atoms with Crippen molar-refractivity contribution in [3.05, 3.63) is 59.4 Å². The van der Waals surface area contributed by atoms with Crippen LogP contribution in [0.4, 0.5) is 4.39 Å². The Morgan fingerprint density at radius 1 is 1.30 bits per heavy atom. The van der Waals surface area contributed by atoms with Crippen LogP contribution in [-0.4, -0.2) is 18.2 Å². The molecule has 0 amide bonds. The van der Waals surface area contributed by atoms with Crippen molar-refractivity contribution in [1.29, 1.82) is 0 Å². The van der Waals surface area contributed by atoms with Gasteiger partial charge in [0.15, 0.2) is 0 Å². The number of halogens is 1. The normalized spacial score (nSPS) is 10.3. The second-order valence-corrected chi connectivity index (χ2v) is 5.07. The Hall–Kier alpha value is -2.01. The van der Waals surface area contributed by atoms with Crippen LogP contribution in [-0.2, 0) is 5.75 Å². The van der Waals surface area contributed by atoms with Crippen LogP contribution < -0.4 is 4.74 Å². The summed E-state index contributed by atoms with van der Waals surface area (Å²) in [6.45, 7) is 0. The lowest BCUT2D eigenvalue weighted by Crippen LogP contribution is -1.98. The van der Waals surface area contributed by atoms with Gasteiger partial charge in [0.05, 0.1) is 12.7 Å². The molecule has 0 radical (unpaired) electrons. The SMILES string of the molecule is COc1ccccc1SCc1ccc(C(=O)O)cc1F. The molecule has 0 aromatic heterocycles. The van der Waals surface area contributed by atoms with E-state index >= 15 is 0 Å². The number of hydrogen-bond donors (Lipinski definition) is 1. The second-order valence-electron chi connectivity index (χ2n) is 4.05. The maximum atomic E-state index is 13.8. The van der Waals surface area contributed by atoms with Crippen molar-refractivity contribution in [2.45, 2.75) is 10.6 Å². The summed E-state index contributed by atoms with van der Waals surface area (Å²) in [5.41, 5.74) is 0.416. The van der Waals surface area contributed by atoms with Crippen molar-refractivity contribution in [3.63, 3.8) is 0 Å². The predicted octanol–water partition coefficient (Wildman–Crippen LogP) is 3.82. The molecule has 0 unspecified atom stereocenters. The number of carboxylic acid groups (broad SMARTS) is 1. The molecule has 20 heavy (non-hydrogen) atoms. The molecule has 0 spiro atoms. The molecule has 0 saturated heterocycles. The third kappa shape index (κ3) is 3.30. The fourth-order valence-electron chi connectivity index (χ4n) is 1.69. The molecule has 2 aromatic rings. The number of thioether (sulfide) groups is 1. The largest absolute Gasteiger partial charge is 0.496 e. The highest BCUT2D eigenvalue weighted by Gasteiger charge is 2.10. The Balaban J connectivity index is 2.13.